The quantitative estimate of drug-likeness (QED) is 0.820. The molecule has 0 radical (unpaired) electrons. The lowest BCUT2D eigenvalue weighted by atomic mass is 9.85. The van der Waals surface area contributed by atoms with Gasteiger partial charge in [-0.05, 0) is 29.8 Å². The zero-order valence-corrected chi connectivity index (χ0v) is 11.4. The first-order valence-electron chi connectivity index (χ1n) is 6.13. The van der Waals surface area contributed by atoms with Gasteiger partial charge in [0.05, 0.1) is 10.6 Å². The molecule has 0 atom stereocenters. The molecule has 0 aliphatic heterocycles. The lowest BCUT2D eigenvalue weighted by Gasteiger charge is -2.16. The van der Waals surface area contributed by atoms with E-state index in [4.69, 9.17) is 17.3 Å². The number of rotatable bonds is 1. The second-order valence-corrected chi connectivity index (χ2v) is 5.06. The van der Waals surface area contributed by atoms with Crippen molar-refractivity contribution in [1.82, 2.24) is 0 Å². The summed E-state index contributed by atoms with van der Waals surface area (Å²) in [5.74, 6) is -1.27. The standard InChI is InChI=1S/C16H9ClFNO2/c17-11-6-8(4-5-12(11)18)10-7-14(20)15-9(16(10)21)2-1-3-13(15)19/h1-7H,19H2. The van der Waals surface area contributed by atoms with Gasteiger partial charge in [0.2, 0.25) is 0 Å². The topological polar surface area (TPSA) is 60.2 Å². The molecule has 0 amide bonds. The van der Waals surface area contributed by atoms with E-state index in [1.807, 2.05) is 0 Å². The average molecular weight is 302 g/mol. The number of allylic oxidation sites excluding steroid dienone is 2. The van der Waals surface area contributed by atoms with E-state index in [1.165, 1.54) is 18.2 Å². The molecule has 21 heavy (non-hydrogen) atoms. The molecule has 104 valence electrons. The first-order chi connectivity index (χ1) is 9.99. The summed E-state index contributed by atoms with van der Waals surface area (Å²) in [7, 11) is 0. The lowest BCUT2D eigenvalue weighted by Crippen LogP contribution is -2.18. The van der Waals surface area contributed by atoms with Gasteiger partial charge >= 0.3 is 0 Å². The van der Waals surface area contributed by atoms with Crippen LogP contribution in [0.3, 0.4) is 0 Å². The Morgan fingerprint density at radius 2 is 1.86 bits per heavy atom. The summed E-state index contributed by atoms with van der Waals surface area (Å²) in [4.78, 5) is 24.7. The maximum atomic E-state index is 13.2. The van der Waals surface area contributed by atoms with Crippen LogP contribution in [0.25, 0.3) is 5.57 Å². The molecule has 2 N–H and O–H groups in total. The monoisotopic (exact) mass is 301 g/mol. The van der Waals surface area contributed by atoms with E-state index >= 15 is 0 Å². The number of halogens is 2. The molecule has 0 saturated carbocycles. The van der Waals surface area contributed by atoms with E-state index < -0.39 is 5.82 Å². The first-order valence-corrected chi connectivity index (χ1v) is 6.51. The van der Waals surface area contributed by atoms with Crippen molar-refractivity contribution < 1.29 is 14.0 Å². The molecule has 3 nitrogen and oxygen atoms in total. The molecule has 0 heterocycles. The Balaban J connectivity index is 2.17. The van der Waals surface area contributed by atoms with Crippen LogP contribution in [0.4, 0.5) is 10.1 Å². The van der Waals surface area contributed by atoms with Crippen LogP contribution in [0.2, 0.25) is 5.02 Å². The van der Waals surface area contributed by atoms with Gasteiger partial charge in [0, 0.05) is 16.8 Å². The fourth-order valence-electron chi connectivity index (χ4n) is 2.33. The van der Waals surface area contributed by atoms with Crippen molar-refractivity contribution in [3.8, 4) is 0 Å². The van der Waals surface area contributed by atoms with Crippen molar-refractivity contribution >= 4 is 34.4 Å². The van der Waals surface area contributed by atoms with E-state index in [0.717, 1.165) is 6.07 Å². The summed E-state index contributed by atoms with van der Waals surface area (Å²) in [6, 6.07) is 8.62. The highest BCUT2D eigenvalue weighted by Gasteiger charge is 2.28. The molecule has 0 aromatic heterocycles. The third kappa shape index (κ3) is 2.14. The summed E-state index contributed by atoms with van der Waals surface area (Å²) >= 11 is 5.72. The van der Waals surface area contributed by atoms with Crippen LogP contribution in [0.5, 0.6) is 0 Å². The number of carbonyl (C=O) groups excluding carboxylic acids is 2. The minimum Gasteiger partial charge on any atom is -0.398 e. The smallest absolute Gasteiger partial charge is 0.194 e. The van der Waals surface area contributed by atoms with Crippen molar-refractivity contribution in [3.05, 3.63) is 70.0 Å². The van der Waals surface area contributed by atoms with Crippen molar-refractivity contribution in [3.63, 3.8) is 0 Å². The Labute approximate surface area is 124 Å². The van der Waals surface area contributed by atoms with Gasteiger partial charge < -0.3 is 5.73 Å². The normalized spacial score (nSPS) is 13.9. The molecular formula is C16H9ClFNO2. The molecule has 5 heteroatoms. The largest absolute Gasteiger partial charge is 0.398 e. The van der Waals surface area contributed by atoms with Gasteiger partial charge in [-0.25, -0.2) is 4.39 Å². The fraction of sp³-hybridized carbons (Fsp3) is 0. The Hall–Kier alpha value is -2.46. The highest BCUT2D eigenvalue weighted by atomic mass is 35.5. The van der Waals surface area contributed by atoms with E-state index in [9.17, 15) is 14.0 Å². The lowest BCUT2D eigenvalue weighted by molar-refractivity contribution is 0.100. The van der Waals surface area contributed by atoms with Gasteiger partial charge in [-0.1, -0.05) is 29.8 Å². The number of nitrogens with two attached hydrogens (primary N) is 1. The first kappa shape index (κ1) is 13.5. The molecule has 1 aliphatic carbocycles. The number of Topliss-reactive ketones (excluding diaryl/α,β-unsaturated/α-hetero) is 1. The van der Waals surface area contributed by atoms with Crippen molar-refractivity contribution in [2.24, 2.45) is 0 Å². The van der Waals surface area contributed by atoms with Crippen LogP contribution in [-0.4, -0.2) is 11.6 Å². The van der Waals surface area contributed by atoms with Gasteiger partial charge in [0.25, 0.3) is 0 Å². The van der Waals surface area contributed by atoms with Crippen molar-refractivity contribution in [2.75, 3.05) is 5.73 Å². The maximum Gasteiger partial charge on any atom is 0.194 e. The number of hydrogen-bond donors (Lipinski definition) is 1. The molecular weight excluding hydrogens is 293 g/mol. The summed E-state index contributed by atoms with van der Waals surface area (Å²) in [6.45, 7) is 0. The van der Waals surface area contributed by atoms with Crippen LogP contribution in [0.15, 0.2) is 42.5 Å². The fourth-order valence-corrected chi connectivity index (χ4v) is 2.51. The zero-order valence-electron chi connectivity index (χ0n) is 10.7. The van der Waals surface area contributed by atoms with Crippen LogP contribution in [0, 0.1) is 5.82 Å². The van der Waals surface area contributed by atoms with Crippen LogP contribution < -0.4 is 5.73 Å². The van der Waals surface area contributed by atoms with Gasteiger partial charge in [0.1, 0.15) is 5.82 Å². The molecule has 0 unspecified atom stereocenters. The number of ketones is 2. The minimum atomic E-state index is -0.583. The van der Waals surface area contributed by atoms with E-state index in [1.54, 1.807) is 18.2 Å². The number of anilines is 1. The maximum absolute atomic E-state index is 13.2. The number of benzene rings is 2. The Kier molecular flexibility index (Phi) is 3.11. The molecule has 0 bridgehead atoms. The van der Waals surface area contributed by atoms with Gasteiger partial charge in [-0.3, -0.25) is 9.59 Å². The van der Waals surface area contributed by atoms with Gasteiger partial charge in [-0.15, -0.1) is 0 Å². The number of carbonyl (C=O) groups is 2. The molecule has 1 aliphatic rings. The Bertz CT molecular complexity index is 827. The van der Waals surface area contributed by atoms with Gasteiger partial charge in [0.15, 0.2) is 11.6 Å². The van der Waals surface area contributed by atoms with E-state index in [0.29, 0.717) is 5.56 Å². The molecule has 3 rings (SSSR count). The molecule has 2 aromatic carbocycles. The van der Waals surface area contributed by atoms with Crippen LogP contribution in [-0.2, 0) is 0 Å². The summed E-state index contributed by atoms with van der Waals surface area (Å²) in [6.07, 6.45) is 1.21. The summed E-state index contributed by atoms with van der Waals surface area (Å²) in [5, 5.41) is -0.105. The Morgan fingerprint density at radius 1 is 1.10 bits per heavy atom. The summed E-state index contributed by atoms with van der Waals surface area (Å²) < 4.78 is 13.2. The third-order valence-corrected chi connectivity index (χ3v) is 3.63. The van der Waals surface area contributed by atoms with E-state index in [-0.39, 0.29) is 39.0 Å². The van der Waals surface area contributed by atoms with Crippen molar-refractivity contribution in [1.29, 1.82) is 0 Å². The number of nitrogen functional groups attached to an aromatic ring is 1. The minimum absolute atomic E-state index is 0.105. The second kappa shape index (κ2) is 4.82. The van der Waals surface area contributed by atoms with Crippen LogP contribution in [0.1, 0.15) is 26.3 Å². The SMILES string of the molecule is Nc1cccc2c1C(=O)C=C(c1ccc(F)c(Cl)c1)C2=O. The molecule has 0 saturated heterocycles. The molecule has 0 spiro atoms. The zero-order chi connectivity index (χ0) is 15.1. The predicted molar refractivity (Wildman–Crippen MR) is 78.9 cm³/mol. The summed E-state index contributed by atoms with van der Waals surface area (Å²) in [5.41, 5.74) is 7.04. The predicted octanol–water partition coefficient (Wildman–Crippen LogP) is 3.52. The number of fused-ring (bicyclic) bond motifs is 1. The van der Waals surface area contributed by atoms with E-state index in [2.05, 4.69) is 0 Å². The average Bonchev–Trinajstić information content (AvgIpc) is 2.45. The second-order valence-electron chi connectivity index (χ2n) is 4.65. The highest BCUT2D eigenvalue weighted by molar-refractivity contribution is 6.40. The van der Waals surface area contributed by atoms with Crippen molar-refractivity contribution in [2.45, 2.75) is 0 Å². The van der Waals surface area contributed by atoms with Gasteiger partial charge in [-0.2, -0.15) is 0 Å². The van der Waals surface area contributed by atoms with Crippen LogP contribution >= 0.6 is 11.6 Å². The highest BCUT2D eigenvalue weighted by Crippen LogP contribution is 2.31. The molecule has 2 aromatic rings. The Morgan fingerprint density at radius 3 is 2.57 bits per heavy atom. The third-order valence-electron chi connectivity index (χ3n) is 3.34. The molecule has 0 fully saturated rings. The number of hydrogen-bond acceptors (Lipinski definition) is 3.